The van der Waals surface area contributed by atoms with Crippen LogP contribution in [0.15, 0.2) is 12.7 Å². The van der Waals surface area contributed by atoms with Gasteiger partial charge in [-0.2, -0.15) is 0 Å². The predicted molar refractivity (Wildman–Crippen MR) is 54.1 cm³/mol. The third kappa shape index (κ3) is 2.53. The van der Waals surface area contributed by atoms with E-state index in [1.807, 2.05) is 6.08 Å². The average Bonchev–Trinajstić information content (AvgIpc) is 2.15. The molecule has 0 amide bonds. The Labute approximate surface area is 80.3 Å². The second-order valence-corrected chi connectivity index (χ2v) is 3.86. The zero-order valence-electron chi connectivity index (χ0n) is 8.38. The third-order valence-electron chi connectivity index (χ3n) is 2.84. The Morgan fingerprint density at radius 3 is 2.92 bits per heavy atom. The number of nitrogens with one attached hydrogen (secondary N) is 1. The molecule has 76 valence electrons. The molecule has 0 bridgehead atoms. The highest BCUT2D eigenvalue weighted by Crippen LogP contribution is 2.28. The largest absolute Gasteiger partial charge is 0.374 e. The van der Waals surface area contributed by atoms with Crippen LogP contribution in [0.4, 0.5) is 0 Å². The number of hydrogen-bond donors (Lipinski definition) is 2. The van der Waals surface area contributed by atoms with Gasteiger partial charge in [0.15, 0.2) is 0 Å². The molecule has 1 aliphatic rings. The van der Waals surface area contributed by atoms with Gasteiger partial charge >= 0.3 is 0 Å². The van der Waals surface area contributed by atoms with Crippen LogP contribution in [0.1, 0.15) is 32.6 Å². The lowest BCUT2D eigenvalue weighted by Gasteiger charge is -2.39. The molecule has 0 aliphatic carbocycles. The smallest absolute Gasteiger partial charge is 0.0823 e. The van der Waals surface area contributed by atoms with Gasteiger partial charge in [-0.1, -0.05) is 6.08 Å². The second kappa shape index (κ2) is 4.74. The van der Waals surface area contributed by atoms with E-state index in [0.29, 0.717) is 0 Å². The molecule has 0 aromatic rings. The number of hydrazine groups is 1. The minimum Gasteiger partial charge on any atom is -0.374 e. The lowest BCUT2D eigenvalue weighted by Crippen LogP contribution is -2.54. The van der Waals surface area contributed by atoms with Gasteiger partial charge in [0.1, 0.15) is 0 Å². The van der Waals surface area contributed by atoms with Crippen LogP contribution in [0.2, 0.25) is 0 Å². The molecular formula is C10H20N2O. The maximum absolute atomic E-state index is 5.78. The summed E-state index contributed by atoms with van der Waals surface area (Å²) in [5, 5.41) is 0. The van der Waals surface area contributed by atoms with Crippen LogP contribution in [-0.2, 0) is 4.74 Å². The summed E-state index contributed by atoms with van der Waals surface area (Å²) in [6.07, 6.45) is 6.21. The summed E-state index contributed by atoms with van der Waals surface area (Å²) >= 11 is 0. The van der Waals surface area contributed by atoms with Crippen LogP contribution in [0, 0.1) is 0 Å². The standard InChI is InChI=1S/C10H20N2O/c1-3-6-9(12-11)10(2)7-4-5-8-13-10/h3,9,12H,1,4-8,11H2,2H3. The summed E-state index contributed by atoms with van der Waals surface area (Å²) in [7, 11) is 0. The van der Waals surface area contributed by atoms with Crippen molar-refractivity contribution < 1.29 is 4.74 Å². The Hall–Kier alpha value is -0.380. The Morgan fingerprint density at radius 2 is 2.46 bits per heavy atom. The molecule has 0 aromatic carbocycles. The molecule has 2 atom stereocenters. The molecule has 3 N–H and O–H groups in total. The highest BCUT2D eigenvalue weighted by atomic mass is 16.5. The van der Waals surface area contributed by atoms with E-state index in [2.05, 4.69) is 18.9 Å². The normalized spacial score (nSPS) is 31.2. The third-order valence-corrected chi connectivity index (χ3v) is 2.84. The summed E-state index contributed by atoms with van der Waals surface area (Å²) in [5.74, 6) is 5.50. The van der Waals surface area contributed by atoms with E-state index in [-0.39, 0.29) is 11.6 Å². The first-order valence-corrected chi connectivity index (χ1v) is 4.94. The first-order chi connectivity index (χ1) is 6.23. The average molecular weight is 184 g/mol. The quantitative estimate of drug-likeness (QED) is 0.394. The zero-order chi connectivity index (χ0) is 9.73. The van der Waals surface area contributed by atoms with E-state index < -0.39 is 0 Å². The van der Waals surface area contributed by atoms with E-state index in [1.54, 1.807) is 0 Å². The van der Waals surface area contributed by atoms with Crippen molar-refractivity contribution in [1.29, 1.82) is 0 Å². The molecule has 1 heterocycles. The molecule has 0 spiro atoms. The Bertz CT molecular complexity index is 164. The van der Waals surface area contributed by atoms with Crippen LogP contribution in [-0.4, -0.2) is 18.2 Å². The minimum atomic E-state index is -0.110. The van der Waals surface area contributed by atoms with Gasteiger partial charge in [0.2, 0.25) is 0 Å². The Kier molecular flexibility index (Phi) is 3.90. The van der Waals surface area contributed by atoms with Crippen LogP contribution in [0.5, 0.6) is 0 Å². The molecule has 0 radical (unpaired) electrons. The zero-order valence-corrected chi connectivity index (χ0v) is 8.38. The van der Waals surface area contributed by atoms with Gasteiger partial charge in [-0.3, -0.25) is 11.3 Å². The van der Waals surface area contributed by atoms with Crippen LogP contribution in [0.25, 0.3) is 0 Å². The molecule has 13 heavy (non-hydrogen) atoms. The summed E-state index contributed by atoms with van der Waals surface area (Å²) in [6.45, 7) is 6.70. The van der Waals surface area contributed by atoms with Crippen molar-refractivity contribution >= 4 is 0 Å². The summed E-state index contributed by atoms with van der Waals surface area (Å²) < 4.78 is 5.78. The van der Waals surface area contributed by atoms with Crippen molar-refractivity contribution in [2.24, 2.45) is 5.84 Å². The molecular weight excluding hydrogens is 164 g/mol. The topological polar surface area (TPSA) is 47.3 Å². The van der Waals surface area contributed by atoms with Crippen molar-refractivity contribution in [3.05, 3.63) is 12.7 Å². The summed E-state index contributed by atoms with van der Waals surface area (Å²) in [6, 6.07) is 0.185. The number of ether oxygens (including phenoxy) is 1. The molecule has 2 unspecified atom stereocenters. The van der Waals surface area contributed by atoms with E-state index >= 15 is 0 Å². The molecule has 3 nitrogen and oxygen atoms in total. The first kappa shape index (κ1) is 10.7. The van der Waals surface area contributed by atoms with Crippen LogP contribution >= 0.6 is 0 Å². The van der Waals surface area contributed by atoms with E-state index in [1.165, 1.54) is 12.8 Å². The minimum absolute atomic E-state index is 0.110. The Morgan fingerprint density at radius 1 is 1.69 bits per heavy atom. The molecule has 0 saturated carbocycles. The van der Waals surface area contributed by atoms with Crippen molar-refractivity contribution in [3.63, 3.8) is 0 Å². The maximum atomic E-state index is 5.78. The summed E-state index contributed by atoms with van der Waals surface area (Å²) in [4.78, 5) is 0. The SMILES string of the molecule is C=CCC(NN)C1(C)CCCCO1. The van der Waals surface area contributed by atoms with Crippen LogP contribution in [0.3, 0.4) is 0 Å². The van der Waals surface area contributed by atoms with E-state index in [9.17, 15) is 0 Å². The molecule has 1 rings (SSSR count). The van der Waals surface area contributed by atoms with Gasteiger partial charge < -0.3 is 4.74 Å². The van der Waals surface area contributed by atoms with Crippen molar-refractivity contribution in [3.8, 4) is 0 Å². The first-order valence-electron chi connectivity index (χ1n) is 4.94. The predicted octanol–water partition coefficient (Wildman–Crippen LogP) is 1.35. The van der Waals surface area contributed by atoms with Gasteiger partial charge in [-0.25, -0.2) is 0 Å². The Balaban J connectivity index is 2.57. The molecule has 1 fully saturated rings. The molecule has 1 saturated heterocycles. The van der Waals surface area contributed by atoms with Gasteiger partial charge in [-0.15, -0.1) is 6.58 Å². The fraction of sp³-hybridized carbons (Fsp3) is 0.800. The van der Waals surface area contributed by atoms with Gasteiger partial charge in [0.25, 0.3) is 0 Å². The van der Waals surface area contributed by atoms with Gasteiger partial charge in [0, 0.05) is 6.61 Å². The second-order valence-electron chi connectivity index (χ2n) is 3.86. The number of hydrogen-bond acceptors (Lipinski definition) is 3. The number of rotatable bonds is 4. The van der Waals surface area contributed by atoms with E-state index in [0.717, 1.165) is 19.4 Å². The highest BCUT2D eigenvalue weighted by Gasteiger charge is 2.35. The highest BCUT2D eigenvalue weighted by molar-refractivity contribution is 4.93. The monoisotopic (exact) mass is 184 g/mol. The van der Waals surface area contributed by atoms with Crippen molar-refractivity contribution in [2.75, 3.05) is 6.61 Å². The van der Waals surface area contributed by atoms with Gasteiger partial charge in [0.05, 0.1) is 11.6 Å². The molecule has 3 heteroatoms. The molecule has 0 aromatic heterocycles. The van der Waals surface area contributed by atoms with Crippen LogP contribution < -0.4 is 11.3 Å². The fourth-order valence-corrected chi connectivity index (χ4v) is 1.89. The van der Waals surface area contributed by atoms with Gasteiger partial charge in [-0.05, 0) is 32.6 Å². The van der Waals surface area contributed by atoms with Crippen molar-refractivity contribution in [1.82, 2.24) is 5.43 Å². The fourth-order valence-electron chi connectivity index (χ4n) is 1.89. The number of nitrogens with two attached hydrogens (primary N) is 1. The lowest BCUT2D eigenvalue weighted by molar-refractivity contribution is -0.0879. The maximum Gasteiger partial charge on any atom is 0.0823 e. The van der Waals surface area contributed by atoms with E-state index in [4.69, 9.17) is 10.6 Å². The lowest BCUT2D eigenvalue weighted by atomic mass is 9.87. The molecule has 1 aliphatic heterocycles. The summed E-state index contributed by atoms with van der Waals surface area (Å²) in [5.41, 5.74) is 2.71. The van der Waals surface area contributed by atoms with Crippen molar-refractivity contribution in [2.45, 2.75) is 44.2 Å².